The van der Waals surface area contributed by atoms with Gasteiger partial charge in [0.2, 0.25) is 0 Å². The molecule has 0 radical (unpaired) electrons. The smallest absolute Gasteiger partial charge is 0.449 e. The zero-order valence-electron chi connectivity index (χ0n) is 11.5. The average molecular weight is 320 g/mol. The Labute approximate surface area is 125 Å². The number of hydrogen-bond acceptors (Lipinski definition) is 7. The maximum absolute atomic E-state index is 11.8. The van der Waals surface area contributed by atoms with Gasteiger partial charge in [0.25, 0.3) is 0 Å². The van der Waals surface area contributed by atoms with E-state index in [0.29, 0.717) is 10.2 Å². The van der Waals surface area contributed by atoms with Crippen LogP contribution in [0, 0.1) is 0 Å². The van der Waals surface area contributed by atoms with Crippen LogP contribution in [0.25, 0.3) is 16.8 Å². The van der Waals surface area contributed by atoms with E-state index >= 15 is 0 Å². The Kier molecular flexibility index (Phi) is 3.10. The molecule has 11 heteroatoms. The molecule has 0 fully saturated rings. The number of ether oxygens (including phenoxy) is 1. The molecule has 0 saturated heterocycles. The van der Waals surface area contributed by atoms with E-state index in [0.717, 1.165) is 0 Å². The quantitative estimate of drug-likeness (QED) is 0.595. The normalized spacial score (nSPS) is 10.8. The SMILES string of the molecule is Cn1c(=O)oc2cc(-n3nc(OC(=O)O)c(=O)[nH]c3=O)ccc21. The van der Waals surface area contributed by atoms with Gasteiger partial charge in [-0.2, -0.15) is 4.68 Å². The number of carbonyl (C=O) groups is 1. The van der Waals surface area contributed by atoms with Crippen LogP contribution in [-0.4, -0.2) is 30.6 Å². The van der Waals surface area contributed by atoms with Gasteiger partial charge in [0.05, 0.1) is 11.2 Å². The Morgan fingerprint density at radius 3 is 2.78 bits per heavy atom. The van der Waals surface area contributed by atoms with Crippen molar-refractivity contribution in [2.45, 2.75) is 0 Å². The van der Waals surface area contributed by atoms with E-state index in [1.807, 2.05) is 4.98 Å². The second-order valence-corrected chi connectivity index (χ2v) is 4.42. The molecule has 11 nitrogen and oxygen atoms in total. The Morgan fingerprint density at radius 2 is 2.09 bits per heavy atom. The van der Waals surface area contributed by atoms with Gasteiger partial charge in [-0.25, -0.2) is 14.4 Å². The number of benzene rings is 1. The van der Waals surface area contributed by atoms with Crippen molar-refractivity contribution in [1.82, 2.24) is 19.3 Å². The van der Waals surface area contributed by atoms with Gasteiger partial charge in [-0.3, -0.25) is 14.3 Å². The summed E-state index contributed by atoms with van der Waals surface area (Å²) < 4.78 is 11.2. The molecule has 0 aliphatic heterocycles. The maximum atomic E-state index is 11.8. The molecule has 0 atom stereocenters. The van der Waals surface area contributed by atoms with Crippen LogP contribution >= 0.6 is 0 Å². The lowest BCUT2D eigenvalue weighted by Gasteiger charge is -2.05. The molecule has 2 N–H and O–H groups in total. The second kappa shape index (κ2) is 4.98. The molecule has 0 aliphatic rings. The van der Waals surface area contributed by atoms with Crippen molar-refractivity contribution in [3.63, 3.8) is 0 Å². The standard InChI is InChI=1S/C12H8N4O7/c1-15-6-3-2-5(4-7(6)22-11(15)19)16-10(18)13-8(17)9(14-16)23-12(20)21/h2-4H,1H3,(H,20,21)(H,13,17,18). The summed E-state index contributed by atoms with van der Waals surface area (Å²) in [5.41, 5.74) is -1.18. The number of nitrogens with one attached hydrogen (secondary N) is 1. The first-order chi connectivity index (χ1) is 10.9. The highest BCUT2D eigenvalue weighted by Gasteiger charge is 2.14. The number of nitrogens with zero attached hydrogens (tertiary/aromatic N) is 3. The highest BCUT2D eigenvalue weighted by molar-refractivity contribution is 5.75. The first-order valence-corrected chi connectivity index (χ1v) is 6.11. The van der Waals surface area contributed by atoms with Crippen LogP contribution in [0.4, 0.5) is 4.79 Å². The molecule has 0 saturated carbocycles. The lowest BCUT2D eigenvalue weighted by molar-refractivity contribution is 0.141. The third-order valence-corrected chi connectivity index (χ3v) is 3.00. The van der Waals surface area contributed by atoms with Gasteiger partial charge < -0.3 is 14.3 Å². The minimum atomic E-state index is -1.75. The molecular weight excluding hydrogens is 312 g/mol. The summed E-state index contributed by atoms with van der Waals surface area (Å²) in [4.78, 5) is 47.1. The monoisotopic (exact) mass is 320 g/mol. The highest BCUT2D eigenvalue weighted by atomic mass is 16.7. The van der Waals surface area contributed by atoms with Gasteiger partial charge in [0.1, 0.15) is 0 Å². The maximum Gasteiger partial charge on any atom is 0.512 e. The molecule has 0 aliphatic carbocycles. The Bertz CT molecular complexity index is 1100. The number of fused-ring (bicyclic) bond motifs is 1. The van der Waals surface area contributed by atoms with Crippen LogP contribution in [0.5, 0.6) is 5.88 Å². The lowest BCUT2D eigenvalue weighted by Crippen LogP contribution is -2.33. The summed E-state index contributed by atoms with van der Waals surface area (Å²) in [6, 6.07) is 4.29. The predicted octanol–water partition coefficient (Wildman–Crippen LogP) is -0.577. The molecule has 2 aromatic heterocycles. The van der Waals surface area contributed by atoms with E-state index in [1.165, 1.54) is 29.8 Å². The summed E-state index contributed by atoms with van der Waals surface area (Å²) in [6.07, 6.45) is -1.75. The summed E-state index contributed by atoms with van der Waals surface area (Å²) in [5.74, 6) is -1.40. The van der Waals surface area contributed by atoms with Crippen molar-refractivity contribution < 1.29 is 19.1 Å². The zero-order chi connectivity index (χ0) is 16.7. The molecule has 2 heterocycles. The highest BCUT2D eigenvalue weighted by Crippen LogP contribution is 2.15. The molecular formula is C12H8N4O7. The van der Waals surface area contributed by atoms with Crippen LogP contribution in [0.15, 0.2) is 37.0 Å². The molecule has 23 heavy (non-hydrogen) atoms. The Balaban J connectivity index is 2.21. The molecule has 118 valence electrons. The fourth-order valence-corrected chi connectivity index (χ4v) is 1.96. The number of oxazole rings is 1. The van der Waals surface area contributed by atoms with Crippen molar-refractivity contribution in [2.75, 3.05) is 0 Å². The largest absolute Gasteiger partial charge is 0.512 e. The number of aromatic amines is 1. The Hall–Kier alpha value is -3.63. The van der Waals surface area contributed by atoms with Crippen molar-refractivity contribution in [1.29, 1.82) is 0 Å². The van der Waals surface area contributed by atoms with Crippen LogP contribution < -0.4 is 21.7 Å². The van der Waals surface area contributed by atoms with Crippen molar-refractivity contribution in [2.24, 2.45) is 7.05 Å². The van der Waals surface area contributed by atoms with Gasteiger partial charge in [-0.15, -0.1) is 5.10 Å². The zero-order valence-corrected chi connectivity index (χ0v) is 11.5. The number of rotatable bonds is 2. The minimum absolute atomic E-state index is 0.142. The number of aryl methyl sites for hydroxylation is 1. The number of hydrogen-bond donors (Lipinski definition) is 2. The third kappa shape index (κ3) is 2.39. The summed E-state index contributed by atoms with van der Waals surface area (Å²) in [5, 5.41) is 12.1. The van der Waals surface area contributed by atoms with E-state index in [4.69, 9.17) is 9.52 Å². The minimum Gasteiger partial charge on any atom is -0.449 e. The fraction of sp³-hybridized carbons (Fsp3) is 0.0833. The van der Waals surface area contributed by atoms with Gasteiger partial charge >= 0.3 is 29.0 Å². The molecule has 0 bridgehead atoms. The van der Waals surface area contributed by atoms with Gasteiger partial charge in [0.15, 0.2) is 5.58 Å². The first kappa shape index (κ1) is 14.3. The van der Waals surface area contributed by atoms with E-state index < -0.39 is 29.0 Å². The number of aromatic nitrogens is 4. The van der Waals surface area contributed by atoms with Crippen LogP contribution in [0.3, 0.4) is 0 Å². The first-order valence-electron chi connectivity index (χ1n) is 6.11. The topological polar surface area (TPSA) is 149 Å². The van der Waals surface area contributed by atoms with Crippen molar-refractivity contribution in [3.05, 3.63) is 49.6 Å². The fourth-order valence-electron chi connectivity index (χ4n) is 1.96. The van der Waals surface area contributed by atoms with Crippen molar-refractivity contribution in [3.8, 4) is 11.6 Å². The molecule has 3 rings (SSSR count). The molecule has 1 aromatic carbocycles. The van der Waals surface area contributed by atoms with E-state index in [9.17, 15) is 19.2 Å². The average Bonchev–Trinajstić information content (AvgIpc) is 2.76. The van der Waals surface area contributed by atoms with Gasteiger partial charge in [-0.05, 0) is 12.1 Å². The summed E-state index contributed by atoms with van der Waals surface area (Å²) >= 11 is 0. The van der Waals surface area contributed by atoms with Crippen LogP contribution in [0.1, 0.15) is 0 Å². The molecule has 0 spiro atoms. The van der Waals surface area contributed by atoms with E-state index in [1.54, 1.807) is 0 Å². The summed E-state index contributed by atoms with van der Waals surface area (Å²) in [7, 11) is 1.51. The van der Waals surface area contributed by atoms with E-state index in [2.05, 4.69) is 9.84 Å². The lowest BCUT2D eigenvalue weighted by atomic mass is 10.3. The van der Waals surface area contributed by atoms with Crippen molar-refractivity contribution >= 4 is 17.3 Å². The van der Waals surface area contributed by atoms with Crippen LogP contribution in [0.2, 0.25) is 0 Å². The van der Waals surface area contributed by atoms with Crippen LogP contribution in [-0.2, 0) is 7.05 Å². The summed E-state index contributed by atoms with van der Waals surface area (Å²) in [6.45, 7) is 0. The Morgan fingerprint density at radius 1 is 1.35 bits per heavy atom. The second-order valence-electron chi connectivity index (χ2n) is 4.42. The molecule has 3 aromatic rings. The van der Waals surface area contributed by atoms with Gasteiger partial charge in [-0.1, -0.05) is 0 Å². The molecule has 0 amide bonds. The number of carboxylic acid groups (broad SMARTS) is 1. The van der Waals surface area contributed by atoms with E-state index in [-0.39, 0.29) is 11.3 Å². The van der Waals surface area contributed by atoms with Gasteiger partial charge in [0, 0.05) is 13.1 Å². The molecule has 0 unspecified atom stereocenters. The number of H-pyrrole nitrogens is 1. The third-order valence-electron chi connectivity index (χ3n) is 3.00. The predicted molar refractivity (Wildman–Crippen MR) is 74.1 cm³/mol.